The van der Waals surface area contributed by atoms with Crippen molar-refractivity contribution in [2.45, 2.75) is 20.4 Å². The molecule has 0 saturated carbocycles. The van der Waals surface area contributed by atoms with E-state index in [2.05, 4.69) is 4.98 Å². The molecule has 0 aliphatic rings. The molecule has 0 aliphatic carbocycles. The Morgan fingerprint density at radius 1 is 1.21 bits per heavy atom. The van der Waals surface area contributed by atoms with Crippen LogP contribution in [0, 0.1) is 19.7 Å². The fourth-order valence-electron chi connectivity index (χ4n) is 1.93. The lowest BCUT2D eigenvalue weighted by Crippen LogP contribution is -2.18. The Hall–Kier alpha value is -2.10. The number of benzene rings is 1. The Bertz CT molecular complexity index is 596. The molecule has 0 atom stereocenters. The van der Waals surface area contributed by atoms with Crippen LogP contribution in [0.2, 0.25) is 0 Å². The van der Waals surface area contributed by atoms with E-state index in [9.17, 15) is 4.39 Å². The van der Waals surface area contributed by atoms with Gasteiger partial charge in [-0.2, -0.15) is 0 Å². The van der Waals surface area contributed by atoms with Gasteiger partial charge in [0.25, 0.3) is 0 Å². The van der Waals surface area contributed by atoms with E-state index in [0.29, 0.717) is 17.8 Å². The molecule has 19 heavy (non-hydrogen) atoms. The van der Waals surface area contributed by atoms with Crippen LogP contribution in [-0.2, 0) is 6.54 Å². The van der Waals surface area contributed by atoms with Gasteiger partial charge in [0.2, 0.25) is 0 Å². The molecule has 3 nitrogen and oxygen atoms in total. The summed E-state index contributed by atoms with van der Waals surface area (Å²) in [4.78, 5) is 6.45. The molecule has 100 valence electrons. The van der Waals surface area contributed by atoms with Crippen LogP contribution in [0.1, 0.15) is 16.8 Å². The molecule has 1 aromatic heterocycles. The molecule has 0 amide bonds. The second-order valence-corrected chi connectivity index (χ2v) is 4.78. The molecule has 0 bridgehead atoms. The molecule has 0 saturated heterocycles. The first-order valence-electron chi connectivity index (χ1n) is 6.16. The third-order valence-electron chi connectivity index (χ3n) is 3.15. The van der Waals surface area contributed by atoms with Crippen LogP contribution in [0.25, 0.3) is 0 Å². The predicted octanol–water partition coefficient (Wildman–Crippen LogP) is 3.06. The van der Waals surface area contributed by atoms with E-state index in [1.807, 2.05) is 37.1 Å². The number of nitrogens with zero attached hydrogens (tertiary/aromatic N) is 2. The lowest BCUT2D eigenvalue weighted by atomic mass is 10.1. The monoisotopic (exact) mass is 259 g/mol. The topological polar surface area (TPSA) is 42.1 Å². The Kier molecular flexibility index (Phi) is 3.69. The zero-order chi connectivity index (χ0) is 14.0. The first kappa shape index (κ1) is 13.3. The summed E-state index contributed by atoms with van der Waals surface area (Å²) in [6, 6.07) is 8.89. The Labute approximate surface area is 112 Å². The maximum Gasteiger partial charge on any atom is 0.128 e. The average molecular weight is 259 g/mol. The molecule has 1 heterocycles. The molecule has 2 N–H and O–H groups in total. The zero-order valence-electron chi connectivity index (χ0n) is 11.4. The van der Waals surface area contributed by atoms with Gasteiger partial charge >= 0.3 is 0 Å². The van der Waals surface area contributed by atoms with Crippen molar-refractivity contribution in [3.8, 4) is 0 Å². The molecule has 1 aromatic carbocycles. The Balaban J connectivity index is 2.17. The highest BCUT2D eigenvalue weighted by Gasteiger charge is 2.06. The minimum absolute atomic E-state index is 0.173. The van der Waals surface area contributed by atoms with E-state index in [4.69, 9.17) is 5.73 Å². The molecule has 0 radical (unpaired) electrons. The fourth-order valence-corrected chi connectivity index (χ4v) is 1.93. The first-order chi connectivity index (χ1) is 8.97. The Morgan fingerprint density at radius 3 is 2.58 bits per heavy atom. The number of aromatic nitrogens is 1. The van der Waals surface area contributed by atoms with Crippen LogP contribution in [0.4, 0.5) is 15.9 Å². The van der Waals surface area contributed by atoms with Crippen molar-refractivity contribution in [3.05, 3.63) is 53.0 Å². The summed E-state index contributed by atoms with van der Waals surface area (Å²) in [6.07, 6.45) is 0. The normalized spacial score (nSPS) is 10.5. The van der Waals surface area contributed by atoms with Gasteiger partial charge in [-0.3, -0.25) is 0 Å². The molecule has 0 unspecified atom stereocenters. The summed E-state index contributed by atoms with van der Waals surface area (Å²) in [6.45, 7) is 4.33. The van der Waals surface area contributed by atoms with Gasteiger partial charge in [-0.15, -0.1) is 0 Å². The number of rotatable bonds is 3. The van der Waals surface area contributed by atoms with Gasteiger partial charge in [0.15, 0.2) is 0 Å². The Morgan fingerprint density at radius 2 is 1.95 bits per heavy atom. The van der Waals surface area contributed by atoms with E-state index in [1.165, 1.54) is 6.07 Å². The highest BCUT2D eigenvalue weighted by atomic mass is 19.1. The highest BCUT2D eigenvalue weighted by molar-refractivity contribution is 5.50. The summed E-state index contributed by atoms with van der Waals surface area (Å²) in [5, 5.41) is 0. The summed E-state index contributed by atoms with van der Waals surface area (Å²) >= 11 is 0. The summed E-state index contributed by atoms with van der Waals surface area (Å²) < 4.78 is 13.2. The second kappa shape index (κ2) is 5.26. The van der Waals surface area contributed by atoms with Gasteiger partial charge in [-0.1, -0.05) is 12.1 Å². The number of nitrogen functional groups attached to an aromatic ring is 1. The van der Waals surface area contributed by atoms with Crippen molar-refractivity contribution in [2.24, 2.45) is 0 Å². The van der Waals surface area contributed by atoms with Crippen LogP contribution in [0.15, 0.2) is 30.3 Å². The maximum atomic E-state index is 13.2. The van der Waals surface area contributed by atoms with Crippen molar-refractivity contribution < 1.29 is 4.39 Å². The standard InChI is InChI=1S/C15H18FN3/c1-10-8-12(4-5-13(10)16)9-19(3)15-7-6-14(17)11(2)18-15/h4-8H,9,17H2,1-3H3. The van der Waals surface area contributed by atoms with E-state index < -0.39 is 0 Å². The predicted molar refractivity (Wildman–Crippen MR) is 76.6 cm³/mol. The molecule has 0 fully saturated rings. The van der Waals surface area contributed by atoms with Crippen LogP contribution in [0.3, 0.4) is 0 Å². The van der Waals surface area contributed by atoms with E-state index in [0.717, 1.165) is 17.1 Å². The first-order valence-corrected chi connectivity index (χ1v) is 6.16. The summed E-state index contributed by atoms with van der Waals surface area (Å²) in [5.74, 6) is 0.682. The van der Waals surface area contributed by atoms with Crippen molar-refractivity contribution in [2.75, 3.05) is 17.7 Å². The quantitative estimate of drug-likeness (QED) is 0.921. The van der Waals surface area contributed by atoms with Crippen LogP contribution >= 0.6 is 0 Å². The highest BCUT2D eigenvalue weighted by Crippen LogP contribution is 2.18. The molecule has 2 rings (SSSR count). The zero-order valence-corrected chi connectivity index (χ0v) is 11.4. The van der Waals surface area contributed by atoms with Crippen molar-refractivity contribution in [1.29, 1.82) is 0 Å². The minimum Gasteiger partial charge on any atom is -0.397 e. The number of pyridine rings is 1. The number of hydrogen-bond acceptors (Lipinski definition) is 3. The maximum absolute atomic E-state index is 13.2. The van der Waals surface area contributed by atoms with Crippen molar-refractivity contribution >= 4 is 11.5 Å². The number of anilines is 2. The number of hydrogen-bond donors (Lipinski definition) is 1. The van der Waals surface area contributed by atoms with E-state index in [-0.39, 0.29) is 5.82 Å². The number of aryl methyl sites for hydroxylation is 2. The van der Waals surface area contributed by atoms with Gasteiger partial charge in [-0.25, -0.2) is 9.37 Å². The molecular weight excluding hydrogens is 241 g/mol. The van der Waals surface area contributed by atoms with E-state index in [1.54, 1.807) is 13.0 Å². The van der Waals surface area contributed by atoms with Crippen LogP contribution < -0.4 is 10.6 Å². The lowest BCUT2D eigenvalue weighted by molar-refractivity contribution is 0.617. The van der Waals surface area contributed by atoms with Crippen molar-refractivity contribution in [1.82, 2.24) is 4.98 Å². The second-order valence-electron chi connectivity index (χ2n) is 4.78. The number of nitrogens with two attached hydrogens (primary N) is 1. The molecular formula is C15H18FN3. The summed E-state index contributed by atoms with van der Waals surface area (Å²) in [7, 11) is 1.96. The average Bonchev–Trinajstić information content (AvgIpc) is 2.37. The number of halogens is 1. The van der Waals surface area contributed by atoms with Crippen molar-refractivity contribution in [3.63, 3.8) is 0 Å². The van der Waals surface area contributed by atoms with Gasteiger partial charge in [0, 0.05) is 13.6 Å². The van der Waals surface area contributed by atoms with Gasteiger partial charge in [0.05, 0.1) is 11.4 Å². The fraction of sp³-hybridized carbons (Fsp3) is 0.267. The molecule has 4 heteroatoms. The smallest absolute Gasteiger partial charge is 0.128 e. The van der Waals surface area contributed by atoms with Crippen LogP contribution in [-0.4, -0.2) is 12.0 Å². The third-order valence-corrected chi connectivity index (χ3v) is 3.15. The molecule has 2 aromatic rings. The largest absolute Gasteiger partial charge is 0.397 e. The minimum atomic E-state index is -0.173. The SMILES string of the molecule is Cc1cc(CN(C)c2ccc(N)c(C)n2)ccc1F. The van der Waals surface area contributed by atoms with Crippen LogP contribution in [0.5, 0.6) is 0 Å². The van der Waals surface area contributed by atoms with Gasteiger partial charge in [-0.05, 0) is 43.2 Å². The lowest BCUT2D eigenvalue weighted by Gasteiger charge is -2.19. The summed E-state index contributed by atoms with van der Waals surface area (Å²) in [5.41, 5.74) is 8.98. The van der Waals surface area contributed by atoms with Gasteiger partial charge < -0.3 is 10.6 Å². The van der Waals surface area contributed by atoms with Gasteiger partial charge in [0.1, 0.15) is 11.6 Å². The molecule has 0 spiro atoms. The molecule has 0 aliphatic heterocycles. The third kappa shape index (κ3) is 3.02. The van der Waals surface area contributed by atoms with E-state index >= 15 is 0 Å².